The predicted octanol–water partition coefficient (Wildman–Crippen LogP) is 1.24. The summed E-state index contributed by atoms with van der Waals surface area (Å²) in [6, 6.07) is 0. The van der Waals surface area contributed by atoms with E-state index >= 15 is 0 Å². The molecule has 5 heteroatoms. The normalized spacial score (nSPS) is 16.3. The lowest BCUT2D eigenvalue weighted by atomic mass is 10.3. The molecular weight excluding hydrogens is 246 g/mol. The first kappa shape index (κ1) is 9.71. The number of fused-ring (bicyclic) bond motifs is 1. The van der Waals surface area contributed by atoms with Crippen LogP contribution in [0.25, 0.3) is 0 Å². The van der Waals surface area contributed by atoms with Crippen molar-refractivity contribution < 1.29 is 0 Å². The highest BCUT2D eigenvalue weighted by Crippen LogP contribution is 2.24. The van der Waals surface area contributed by atoms with Gasteiger partial charge in [0.2, 0.25) is 0 Å². The van der Waals surface area contributed by atoms with Gasteiger partial charge in [0.25, 0.3) is 5.56 Å². The van der Waals surface area contributed by atoms with Gasteiger partial charge in [0.05, 0.1) is 0 Å². The van der Waals surface area contributed by atoms with E-state index in [1.54, 1.807) is 6.33 Å². The van der Waals surface area contributed by atoms with Gasteiger partial charge in [-0.1, -0.05) is 0 Å². The van der Waals surface area contributed by atoms with Gasteiger partial charge in [-0.2, -0.15) is 4.98 Å². The molecule has 1 aromatic heterocycles. The number of anilines is 1. The third kappa shape index (κ3) is 1.56. The second kappa shape index (κ2) is 3.73. The molecule has 0 bridgehead atoms. The van der Waals surface area contributed by atoms with Crippen LogP contribution in [0.2, 0.25) is 0 Å². The maximum atomic E-state index is 11.4. The number of nitrogens with zero attached hydrogens (tertiary/aromatic N) is 3. The van der Waals surface area contributed by atoms with E-state index in [-0.39, 0.29) is 5.56 Å². The van der Waals surface area contributed by atoms with Crippen molar-refractivity contribution in [3.8, 4) is 0 Å². The molecule has 0 amide bonds. The van der Waals surface area contributed by atoms with E-state index in [1.807, 2.05) is 11.6 Å². The van der Waals surface area contributed by atoms with E-state index in [0.717, 1.165) is 31.7 Å². The van der Waals surface area contributed by atoms with Gasteiger partial charge in [0, 0.05) is 20.1 Å². The molecule has 4 nitrogen and oxygen atoms in total. The molecule has 0 fully saturated rings. The first-order chi connectivity index (χ1) is 6.70. The molecule has 1 aliphatic rings. The van der Waals surface area contributed by atoms with Crippen LogP contribution in [0.3, 0.4) is 0 Å². The van der Waals surface area contributed by atoms with Gasteiger partial charge in [-0.25, -0.2) is 0 Å². The molecule has 1 aliphatic heterocycles. The van der Waals surface area contributed by atoms with Crippen molar-refractivity contribution in [2.75, 3.05) is 18.5 Å². The van der Waals surface area contributed by atoms with Crippen molar-refractivity contribution in [1.29, 1.82) is 0 Å². The summed E-state index contributed by atoms with van der Waals surface area (Å²) >= 11 is 3.30. The smallest absolute Gasteiger partial charge is 0.289 e. The predicted molar refractivity (Wildman–Crippen MR) is 58.7 cm³/mol. The van der Waals surface area contributed by atoms with Crippen LogP contribution in [0.4, 0.5) is 5.82 Å². The number of aromatic nitrogens is 2. The lowest BCUT2D eigenvalue weighted by Gasteiger charge is -2.20. The summed E-state index contributed by atoms with van der Waals surface area (Å²) in [5, 5.41) is 0. The second-order valence-corrected chi connectivity index (χ2v) is 4.30. The monoisotopic (exact) mass is 257 g/mol. The lowest BCUT2D eigenvalue weighted by molar-refractivity contribution is 0.640. The number of hydrogen-bond acceptors (Lipinski definition) is 3. The molecular formula is C9H12BrN3O. The summed E-state index contributed by atoms with van der Waals surface area (Å²) in [5.41, 5.74) is -0.190. The summed E-state index contributed by atoms with van der Waals surface area (Å²) < 4.78 is 2.60. The molecule has 14 heavy (non-hydrogen) atoms. The largest absolute Gasteiger partial charge is 0.360 e. The highest BCUT2D eigenvalue weighted by molar-refractivity contribution is 9.10. The van der Waals surface area contributed by atoms with Gasteiger partial charge in [-0.05, 0) is 28.8 Å². The van der Waals surface area contributed by atoms with Crippen LogP contribution in [0.15, 0.2) is 15.6 Å². The first-order valence-corrected chi connectivity index (χ1v) is 5.45. The molecule has 0 aromatic carbocycles. The van der Waals surface area contributed by atoms with Crippen LogP contribution >= 0.6 is 15.9 Å². The Morgan fingerprint density at radius 1 is 1.43 bits per heavy atom. The summed E-state index contributed by atoms with van der Waals surface area (Å²) in [7, 11) is 2.00. The summed E-state index contributed by atoms with van der Waals surface area (Å²) in [5.74, 6) is 0.947. The fourth-order valence-corrected chi connectivity index (χ4v) is 2.38. The Labute approximate surface area is 90.7 Å². The van der Waals surface area contributed by atoms with Crippen LogP contribution in [0, 0.1) is 0 Å². The van der Waals surface area contributed by atoms with Crippen LogP contribution in [-0.2, 0) is 6.54 Å². The maximum absolute atomic E-state index is 11.4. The number of aryl methyl sites for hydroxylation is 1. The molecule has 0 saturated carbocycles. The van der Waals surface area contributed by atoms with Gasteiger partial charge in [-0.3, -0.25) is 4.79 Å². The Morgan fingerprint density at radius 2 is 2.14 bits per heavy atom. The van der Waals surface area contributed by atoms with Crippen molar-refractivity contribution in [2.45, 2.75) is 19.4 Å². The molecule has 0 spiro atoms. The number of halogens is 1. The van der Waals surface area contributed by atoms with Crippen molar-refractivity contribution >= 4 is 21.7 Å². The van der Waals surface area contributed by atoms with Gasteiger partial charge in [-0.15, -0.1) is 0 Å². The Balaban J connectivity index is 2.60. The maximum Gasteiger partial charge on any atom is 0.289 e. The molecule has 0 aliphatic carbocycles. The van der Waals surface area contributed by atoms with E-state index < -0.39 is 0 Å². The fraction of sp³-hybridized carbons (Fsp3) is 0.556. The van der Waals surface area contributed by atoms with Gasteiger partial charge < -0.3 is 9.47 Å². The van der Waals surface area contributed by atoms with E-state index in [0.29, 0.717) is 4.47 Å². The zero-order valence-electron chi connectivity index (χ0n) is 8.03. The molecule has 0 atom stereocenters. The first-order valence-electron chi connectivity index (χ1n) is 4.66. The molecule has 0 saturated heterocycles. The number of hydrogen-bond donors (Lipinski definition) is 0. The van der Waals surface area contributed by atoms with Crippen LogP contribution in [0.1, 0.15) is 12.8 Å². The van der Waals surface area contributed by atoms with Gasteiger partial charge >= 0.3 is 0 Å². The molecule has 0 unspecified atom stereocenters. The highest BCUT2D eigenvalue weighted by atomic mass is 79.9. The minimum Gasteiger partial charge on any atom is -0.360 e. The second-order valence-electron chi connectivity index (χ2n) is 3.51. The summed E-state index contributed by atoms with van der Waals surface area (Å²) in [6.07, 6.45) is 3.91. The van der Waals surface area contributed by atoms with E-state index in [4.69, 9.17) is 0 Å². The zero-order valence-corrected chi connectivity index (χ0v) is 9.62. The van der Waals surface area contributed by atoms with E-state index in [9.17, 15) is 4.79 Å². The molecule has 2 rings (SSSR count). The van der Waals surface area contributed by atoms with E-state index in [1.165, 1.54) is 0 Å². The quantitative estimate of drug-likeness (QED) is 0.702. The zero-order chi connectivity index (χ0) is 10.1. The average molecular weight is 258 g/mol. The number of rotatable bonds is 0. The van der Waals surface area contributed by atoms with Crippen LogP contribution < -0.4 is 10.5 Å². The van der Waals surface area contributed by atoms with Gasteiger partial charge in [0.1, 0.15) is 16.6 Å². The Morgan fingerprint density at radius 3 is 2.93 bits per heavy atom. The SMILES string of the molecule is CN1CCCCn2cnc(=O)c(Br)c21. The van der Waals surface area contributed by atoms with Crippen LogP contribution in [-0.4, -0.2) is 23.1 Å². The topological polar surface area (TPSA) is 38.1 Å². The Hall–Kier alpha value is -0.840. The highest BCUT2D eigenvalue weighted by Gasteiger charge is 2.16. The van der Waals surface area contributed by atoms with Crippen molar-refractivity contribution in [3.63, 3.8) is 0 Å². The van der Waals surface area contributed by atoms with Crippen LogP contribution in [0.5, 0.6) is 0 Å². The Kier molecular flexibility index (Phi) is 2.58. The third-order valence-corrected chi connectivity index (χ3v) is 3.17. The average Bonchev–Trinajstić information content (AvgIpc) is 2.35. The lowest BCUT2D eigenvalue weighted by Crippen LogP contribution is -2.24. The van der Waals surface area contributed by atoms with Crippen molar-refractivity contribution in [3.05, 3.63) is 21.2 Å². The summed E-state index contributed by atoms with van der Waals surface area (Å²) in [4.78, 5) is 17.3. The molecule has 0 radical (unpaired) electrons. The standard InChI is InChI=1S/C9H12BrN3O/c1-12-4-2-3-5-13-6-11-8(14)7(10)9(12)13/h6H,2-5H2,1H3. The molecule has 1 aromatic rings. The Bertz CT molecular complexity index is 402. The third-order valence-electron chi connectivity index (χ3n) is 2.47. The molecule has 76 valence electrons. The van der Waals surface area contributed by atoms with E-state index in [2.05, 4.69) is 25.8 Å². The van der Waals surface area contributed by atoms with Gasteiger partial charge in [0.15, 0.2) is 0 Å². The van der Waals surface area contributed by atoms with Crippen molar-refractivity contribution in [1.82, 2.24) is 9.55 Å². The fourth-order valence-electron chi connectivity index (χ4n) is 1.74. The molecule has 0 N–H and O–H groups in total. The minimum atomic E-state index is -0.190. The minimum absolute atomic E-state index is 0.190. The summed E-state index contributed by atoms with van der Waals surface area (Å²) in [6.45, 7) is 1.92. The van der Waals surface area contributed by atoms with Crippen molar-refractivity contribution in [2.24, 2.45) is 0 Å². The molecule has 2 heterocycles.